The molecule has 0 aliphatic heterocycles. The number of hydrogen-bond acceptors (Lipinski definition) is 2. The standard InChI is InChI=1S/C19H23N3O2/c1-14-9-10-18(15(2)13-14)22(16(3)23)12-11-20-19(24)21-17-7-5-4-6-8-17/h4-10,13H,11-12H2,1-3H3,(H2,20,21,24). The van der Waals surface area contributed by atoms with Crippen molar-refractivity contribution in [2.75, 3.05) is 23.3 Å². The van der Waals surface area contributed by atoms with Gasteiger partial charge in [0, 0.05) is 31.4 Å². The van der Waals surface area contributed by atoms with Crippen LogP contribution >= 0.6 is 0 Å². The number of rotatable bonds is 5. The number of carbonyl (C=O) groups is 2. The molecule has 0 radical (unpaired) electrons. The summed E-state index contributed by atoms with van der Waals surface area (Å²) in [5, 5.41) is 5.52. The van der Waals surface area contributed by atoms with Crippen LogP contribution in [0.4, 0.5) is 16.2 Å². The average Bonchev–Trinajstić information content (AvgIpc) is 2.53. The lowest BCUT2D eigenvalue weighted by atomic mass is 10.1. The van der Waals surface area contributed by atoms with Gasteiger partial charge in [-0.2, -0.15) is 0 Å². The molecule has 5 nitrogen and oxygen atoms in total. The van der Waals surface area contributed by atoms with E-state index in [2.05, 4.69) is 10.6 Å². The van der Waals surface area contributed by atoms with E-state index in [9.17, 15) is 9.59 Å². The fourth-order valence-corrected chi connectivity index (χ4v) is 2.53. The lowest BCUT2D eigenvalue weighted by molar-refractivity contribution is -0.116. The molecule has 0 saturated carbocycles. The maximum atomic E-state index is 11.9. The first-order valence-corrected chi connectivity index (χ1v) is 7.92. The summed E-state index contributed by atoms with van der Waals surface area (Å²) in [6, 6.07) is 14.9. The molecule has 0 aliphatic rings. The number of nitrogens with one attached hydrogen (secondary N) is 2. The van der Waals surface area contributed by atoms with Gasteiger partial charge in [0.15, 0.2) is 0 Å². The van der Waals surface area contributed by atoms with E-state index in [0.717, 1.165) is 22.5 Å². The number of amides is 3. The van der Waals surface area contributed by atoms with Crippen LogP contribution in [0.25, 0.3) is 0 Å². The Bertz CT molecular complexity index is 714. The predicted octanol–water partition coefficient (Wildman–Crippen LogP) is 3.48. The lowest BCUT2D eigenvalue weighted by Crippen LogP contribution is -2.39. The summed E-state index contributed by atoms with van der Waals surface area (Å²) in [5.41, 5.74) is 3.80. The molecule has 2 rings (SSSR count). The van der Waals surface area contributed by atoms with E-state index >= 15 is 0 Å². The molecule has 0 bridgehead atoms. The molecule has 24 heavy (non-hydrogen) atoms. The maximum Gasteiger partial charge on any atom is 0.319 e. The Morgan fingerprint density at radius 1 is 1.04 bits per heavy atom. The van der Waals surface area contributed by atoms with Crippen molar-refractivity contribution in [3.8, 4) is 0 Å². The molecule has 2 aromatic rings. The van der Waals surface area contributed by atoms with E-state index in [1.165, 1.54) is 6.92 Å². The predicted molar refractivity (Wildman–Crippen MR) is 97.4 cm³/mol. The Hall–Kier alpha value is -2.82. The molecule has 2 N–H and O–H groups in total. The van der Waals surface area contributed by atoms with Gasteiger partial charge >= 0.3 is 6.03 Å². The summed E-state index contributed by atoms with van der Waals surface area (Å²) in [4.78, 5) is 25.5. The van der Waals surface area contributed by atoms with Crippen LogP contribution in [-0.4, -0.2) is 25.0 Å². The van der Waals surface area contributed by atoms with Crippen molar-refractivity contribution >= 4 is 23.3 Å². The topological polar surface area (TPSA) is 61.4 Å². The second-order valence-electron chi connectivity index (χ2n) is 5.71. The largest absolute Gasteiger partial charge is 0.336 e. The SMILES string of the molecule is CC(=O)N(CCNC(=O)Nc1ccccc1)c1ccc(C)cc1C. The van der Waals surface area contributed by atoms with Gasteiger partial charge in [-0.1, -0.05) is 35.9 Å². The first kappa shape index (κ1) is 17.5. The summed E-state index contributed by atoms with van der Waals surface area (Å²) in [6.07, 6.45) is 0. The Labute approximate surface area is 142 Å². The number of benzene rings is 2. The van der Waals surface area contributed by atoms with Gasteiger partial charge in [0.25, 0.3) is 0 Å². The molecule has 0 spiro atoms. The zero-order chi connectivity index (χ0) is 17.5. The summed E-state index contributed by atoms with van der Waals surface area (Å²) in [5.74, 6) is -0.0489. The van der Waals surface area contributed by atoms with Gasteiger partial charge in [0.2, 0.25) is 5.91 Å². The van der Waals surface area contributed by atoms with Gasteiger partial charge in [-0.15, -0.1) is 0 Å². The summed E-state index contributed by atoms with van der Waals surface area (Å²) in [7, 11) is 0. The van der Waals surface area contributed by atoms with Crippen LogP contribution in [0.5, 0.6) is 0 Å². The first-order valence-electron chi connectivity index (χ1n) is 7.92. The van der Waals surface area contributed by atoms with Crippen LogP contribution in [0.1, 0.15) is 18.1 Å². The second-order valence-corrected chi connectivity index (χ2v) is 5.71. The van der Waals surface area contributed by atoms with E-state index < -0.39 is 0 Å². The molecule has 0 aliphatic carbocycles. The fourth-order valence-electron chi connectivity index (χ4n) is 2.53. The van der Waals surface area contributed by atoms with Crippen molar-refractivity contribution in [1.82, 2.24) is 5.32 Å². The van der Waals surface area contributed by atoms with Gasteiger partial charge < -0.3 is 15.5 Å². The van der Waals surface area contributed by atoms with Crippen molar-refractivity contribution in [2.45, 2.75) is 20.8 Å². The Morgan fingerprint density at radius 3 is 2.38 bits per heavy atom. The van der Waals surface area contributed by atoms with E-state index in [4.69, 9.17) is 0 Å². The third kappa shape index (κ3) is 4.84. The first-order chi connectivity index (χ1) is 11.5. The number of nitrogens with zero attached hydrogens (tertiary/aromatic N) is 1. The average molecular weight is 325 g/mol. The molecular weight excluding hydrogens is 302 g/mol. The van der Waals surface area contributed by atoms with Crippen LogP contribution in [0, 0.1) is 13.8 Å². The molecule has 0 fully saturated rings. The molecule has 2 aromatic carbocycles. The number of anilines is 2. The minimum atomic E-state index is -0.287. The molecule has 0 heterocycles. The maximum absolute atomic E-state index is 11.9. The van der Waals surface area contributed by atoms with Crippen LogP contribution < -0.4 is 15.5 Å². The monoisotopic (exact) mass is 325 g/mol. The van der Waals surface area contributed by atoms with Crippen molar-refractivity contribution in [1.29, 1.82) is 0 Å². The normalized spacial score (nSPS) is 10.1. The molecule has 5 heteroatoms. The minimum absolute atomic E-state index is 0.0489. The van der Waals surface area contributed by atoms with Gasteiger partial charge in [-0.25, -0.2) is 4.79 Å². The zero-order valence-electron chi connectivity index (χ0n) is 14.3. The summed E-state index contributed by atoms with van der Waals surface area (Å²) < 4.78 is 0. The van der Waals surface area contributed by atoms with E-state index in [-0.39, 0.29) is 11.9 Å². The lowest BCUT2D eigenvalue weighted by Gasteiger charge is -2.23. The molecule has 3 amide bonds. The van der Waals surface area contributed by atoms with Crippen molar-refractivity contribution < 1.29 is 9.59 Å². The quantitative estimate of drug-likeness (QED) is 0.884. The Kier molecular flexibility index (Phi) is 5.95. The van der Waals surface area contributed by atoms with Crippen molar-refractivity contribution in [2.24, 2.45) is 0 Å². The molecular formula is C19H23N3O2. The molecule has 0 saturated heterocycles. The number of urea groups is 1. The van der Waals surface area contributed by atoms with Crippen LogP contribution in [0.3, 0.4) is 0 Å². The van der Waals surface area contributed by atoms with Gasteiger partial charge in [-0.05, 0) is 37.6 Å². The Morgan fingerprint density at radius 2 is 1.75 bits per heavy atom. The van der Waals surface area contributed by atoms with Crippen LogP contribution in [-0.2, 0) is 4.79 Å². The highest BCUT2D eigenvalue weighted by Crippen LogP contribution is 2.21. The van der Waals surface area contributed by atoms with Crippen molar-refractivity contribution in [3.05, 3.63) is 59.7 Å². The van der Waals surface area contributed by atoms with E-state index in [1.807, 2.05) is 62.4 Å². The minimum Gasteiger partial charge on any atom is -0.336 e. The van der Waals surface area contributed by atoms with E-state index in [0.29, 0.717) is 13.1 Å². The van der Waals surface area contributed by atoms with Crippen LogP contribution in [0.15, 0.2) is 48.5 Å². The number of aryl methyl sites for hydroxylation is 2. The molecule has 0 aromatic heterocycles. The highest BCUT2D eigenvalue weighted by molar-refractivity contribution is 5.93. The second kappa shape index (κ2) is 8.15. The summed E-state index contributed by atoms with van der Waals surface area (Å²) in [6.45, 7) is 6.31. The van der Waals surface area contributed by atoms with Gasteiger partial charge in [0.05, 0.1) is 0 Å². The van der Waals surface area contributed by atoms with Gasteiger partial charge in [-0.3, -0.25) is 4.79 Å². The highest BCUT2D eigenvalue weighted by Gasteiger charge is 2.14. The Balaban J connectivity index is 1.92. The third-order valence-electron chi connectivity index (χ3n) is 3.68. The smallest absolute Gasteiger partial charge is 0.319 e. The highest BCUT2D eigenvalue weighted by atomic mass is 16.2. The molecule has 0 unspecified atom stereocenters. The van der Waals surface area contributed by atoms with Crippen LogP contribution in [0.2, 0.25) is 0 Å². The molecule has 126 valence electrons. The number of carbonyl (C=O) groups excluding carboxylic acids is 2. The van der Waals surface area contributed by atoms with Crippen molar-refractivity contribution in [3.63, 3.8) is 0 Å². The van der Waals surface area contributed by atoms with E-state index in [1.54, 1.807) is 4.90 Å². The fraction of sp³-hybridized carbons (Fsp3) is 0.263. The zero-order valence-corrected chi connectivity index (χ0v) is 14.3. The summed E-state index contributed by atoms with van der Waals surface area (Å²) >= 11 is 0. The number of hydrogen-bond donors (Lipinski definition) is 2. The number of para-hydroxylation sites is 1. The third-order valence-corrected chi connectivity index (χ3v) is 3.68. The van der Waals surface area contributed by atoms with Gasteiger partial charge in [0.1, 0.15) is 0 Å². The molecule has 0 atom stereocenters.